The van der Waals surface area contributed by atoms with E-state index in [4.69, 9.17) is 9.47 Å². The summed E-state index contributed by atoms with van der Waals surface area (Å²) in [6.45, 7) is 8.28. The SMILES string of the molecule is C[Si](C)(C)Cn1nnc(-c2ccc(Br)cc2)c1COC1CCCCO1. The second-order valence-corrected chi connectivity index (χ2v) is 14.1. The lowest BCUT2D eigenvalue weighted by molar-refractivity contribution is -0.169. The summed E-state index contributed by atoms with van der Waals surface area (Å²) in [5.74, 6) is 0. The van der Waals surface area contributed by atoms with E-state index in [0.717, 1.165) is 53.5 Å². The second-order valence-electron chi connectivity index (χ2n) is 7.72. The van der Waals surface area contributed by atoms with Gasteiger partial charge in [-0.15, -0.1) is 5.10 Å². The number of benzene rings is 1. The molecule has 0 N–H and O–H groups in total. The summed E-state index contributed by atoms with van der Waals surface area (Å²) < 4.78 is 14.8. The van der Waals surface area contributed by atoms with E-state index in [1.807, 2.05) is 16.8 Å². The molecule has 0 amide bonds. The normalized spacial score (nSPS) is 18.5. The molecule has 1 aliphatic heterocycles. The first kappa shape index (κ1) is 18.8. The highest BCUT2D eigenvalue weighted by atomic mass is 79.9. The fourth-order valence-electron chi connectivity index (χ4n) is 2.90. The molecule has 25 heavy (non-hydrogen) atoms. The van der Waals surface area contributed by atoms with Gasteiger partial charge in [-0.2, -0.15) is 0 Å². The van der Waals surface area contributed by atoms with Crippen LogP contribution in [0.4, 0.5) is 0 Å². The van der Waals surface area contributed by atoms with Gasteiger partial charge < -0.3 is 9.47 Å². The Morgan fingerprint density at radius 3 is 2.64 bits per heavy atom. The molecule has 1 unspecified atom stereocenters. The highest BCUT2D eigenvalue weighted by Crippen LogP contribution is 2.26. The summed E-state index contributed by atoms with van der Waals surface area (Å²) in [6, 6.07) is 8.19. The predicted octanol–water partition coefficient (Wildman–Crippen LogP) is 4.63. The van der Waals surface area contributed by atoms with Gasteiger partial charge in [0.25, 0.3) is 0 Å². The van der Waals surface area contributed by atoms with Crippen LogP contribution in [0.1, 0.15) is 25.0 Å². The van der Waals surface area contributed by atoms with Crippen LogP contribution in [0.5, 0.6) is 0 Å². The Morgan fingerprint density at radius 2 is 2.00 bits per heavy atom. The maximum Gasteiger partial charge on any atom is 0.158 e. The summed E-state index contributed by atoms with van der Waals surface area (Å²) in [4.78, 5) is 0. The molecule has 3 rings (SSSR count). The largest absolute Gasteiger partial charge is 0.353 e. The zero-order valence-corrected chi connectivity index (χ0v) is 17.8. The number of hydrogen-bond acceptors (Lipinski definition) is 4. The fourth-order valence-corrected chi connectivity index (χ4v) is 4.32. The second kappa shape index (κ2) is 8.12. The first-order valence-electron chi connectivity index (χ1n) is 8.84. The molecule has 1 aliphatic rings. The summed E-state index contributed by atoms with van der Waals surface area (Å²) in [5, 5.41) is 8.90. The van der Waals surface area contributed by atoms with Crippen molar-refractivity contribution in [3.63, 3.8) is 0 Å². The Kier molecular flexibility index (Phi) is 6.09. The molecule has 1 saturated heterocycles. The molecule has 1 aromatic heterocycles. The van der Waals surface area contributed by atoms with Gasteiger partial charge >= 0.3 is 0 Å². The summed E-state index contributed by atoms with van der Waals surface area (Å²) in [7, 11) is -1.33. The van der Waals surface area contributed by atoms with Crippen LogP contribution in [0.25, 0.3) is 11.3 Å². The highest BCUT2D eigenvalue weighted by Gasteiger charge is 2.23. The molecule has 0 radical (unpaired) electrons. The molecule has 0 saturated carbocycles. The topological polar surface area (TPSA) is 49.2 Å². The van der Waals surface area contributed by atoms with Gasteiger partial charge in [0.05, 0.1) is 20.4 Å². The summed E-state index contributed by atoms with van der Waals surface area (Å²) in [5.41, 5.74) is 3.01. The maximum atomic E-state index is 6.05. The van der Waals surface area contributed by atoms with Gasteiger partial charge in [0.2, 0.25) is 0 Å². The van der Waals surface area contributed by atoms with Crippen LogP contribution in [-0.2, 0) is 22.2 Å². The van der Waals surface area contributed by atoms with Crippen LogP contribution >= 0.6 is 15.9 Å². The zero-order chi connectivity index (χ0) is 17.9. The monoisotopic (exact) mass is 423 g/mol. The average Bonchev–Trinajstić information content (AvgIpc) is 2.95. The maximum absolute atomic E-state index is 6.05. The summed E-state index contributed by atoms with van der Waals surface area (Å²) in [6.07, 6.45) is 4.07. The number of hydrogen-bond donors (Lipinski definition) is 0. The third-order valence-electron chi connectivity index (χ3n) is 4.12. The van der Waals surface area contributed by atoms with Crippen molar-refractivity contribution < 1.29 is 9.47 Å². The van der Waals surface area contributed by atoms with Crippen LogP contribution in [0.3, 0.4) is 0 Å². The van der Waals surface area contributed by atoms with Crippen LogP contribution in [0.15, 0.2) is 28.7 Å². The predicted molar refractivity (Wildman–Crippen MR) is 105 cm³/mol. The highest BCUT2D eigenvalue weighted by molar-refractivity contribution is 9.10. The van der Waals surface area contributed by atoms with Crippen molar-refractivity contribution in [1.29, 1.82) is 0 Å². The Bertz CT molecular complexity index is 691. The van der Waals surface area contributed by atoms with Crippen molar-refractivity contribution in [2.24, 2.45) is 0 Å². The Hall–Kier alpha value is -1.02. The van der Waals surface area contributed by atoms with Crippen molar-refractivity contribution in [3.05, 3.63) is 34.4 Å². The molecule has 0 bridgehead atoms. The molecular formula is C18H26BrN3O2Si. The summed E-state index contributed by atoms with van der Waals surface area (Å²) >= 11 is 3.49. The average molecular weight is 424 g/mol. The van der Waals surface area contributed by atoms with E-state index in [2.05, 4.69) is 58.0 Å². The van der Waals surface area contributed by atoms with Gasteiger partial charge in [-0.1, -0.05) is 52.9 Å². The minimum Gasteiger partial charge on any atom is -0.353 e. The minimum absolute atomic E-state index is 0.109. The van der Waals surface area contributed by atoms with E-state index in [9.17, 15) is 0 Å². The number of ether oxygens (including phenoxy) is 2. The van der Waals surface area contributed by atoms with Crippen molar-refractivity contribution in [1.82, 2.24) is 15.0 Å². The number of halogens is 1. The third kappa shape index (κ3) is 5.23. The fraction of sp³-hybridized carbons (Fsp3) is 0.556. The molecule has 2 aromatic rings. The quantitative estimate of drug-likeness (QED) is 0.635. The Labute approximate surface area is 158 Å². The third-order valence-corrected chi connectivity index (χ3v) is 5.90. The van der Waals surface area contributed by atoms with Crippen LogP contribution < -0.4 is 0 Å². The van der Waals surface area contributed by atoms with E-state index < -0.39 is 8.07 Å². The lowest BCUT2D eigenvalue weighted by Crippen LogP contribution is -2.30. The van der Waals surface area contributed by atoms with Gasteiger partial charge in [0, 0.05) is 22.8 Å². The van der Waals surface area contributed by atoms with Gasteiger partial charge in [0.15, 0.2) is 6.29 Å². The molecule has 1 aromatic carbocycles. The lowest BCUT2D eigenvalue weighted by Gasteiger charge is -2.23. The smallest absolute Gasteiger partial charge is 0.158 e. The molecule has 0 aliphatic carbocycles. The van der Waals surface area contributed by atoms with Gasteiger partial charge in [0.1, 0.15) is 5.69 Å². The first-order valence-corrected chi connectivity index (χ1v) is 13.3. The van der Waals surface area contributed by atoms with Crippen molar-refractivity contribution in [2.45, 2.75) is 58.0 Å². The molecule has 5 nitrogen and oxygen atoms in total. The Morgan fingerprint density at radius 1 is 1.24 bits per heavy atom. The van der Waals surface area contributed by atoms with E-state index in [1.54, 1.807) is 0 Å². The van der Waals surface area contributed by atoms with Gasteiger partial charge in [-0.05, 0) is 31.4 Å². The number of aromatic nitrogens is 3. The zero-order valence-electron chi connectivity index (χ0n) is 15.2. The van der Waals surface area contributed by atoms with E-state index in [0.29, 0.717) is 6.61 Å². The lowest BCUT2D eigenvalue weighted by atomic mass is 10.1. The molecular weight excluding hydrogens is 398 g/mol. The molecule has 136 valence electrons. The number of nitrogens with zero attached hydrogens (tertiary/aromatic N) is 3. The Balaban J connectivity index is 1.84. The van der Waals surface area contributed by atoms with Crippen molar-refractivity contribution in [3.8, 4) is 11.3 Å². The van der Waals surface area contributed by atoms with Crippen molar-refractivity contribution in [2.75, 3.05) is 6.61 Å². The van der Waals surface area contributed by atoms with Gasteiger partial charge in [-0.3, -0.25) is 0 Å². The molecule has 2 heterocycles. The van der Waals surface area contributed by atoms with Crippen LogP contribution in [-0.4, -0.2) is 36.0 Å². The number of rotatable bonds is 6. The van der Waals surface area contributed by atoms with Crippen LogP contribution in [0, 0.1) is 0 Å². The standard InChI is InChI=1S/C18H26BrN3O2Si/c1-25(2,3)13-22-16(12-24-17-6-4-5-11-23-17)18(20-21-22)14-7-9-15(19)10-8-14/h7-10,17H,4-6,11-13H2,1-3H3. The van der Waals surface area contributed by atoms with Crippen LogP contribution in [0.2, 0.25) is 19.6 Å². The first-order chi connectivity index (χ1) is 11.9. The molecule has 7 heteroatoms. The van der Waals surface area contributed by atoms with E-state index in [1.165, 1.54) is 0 Å². The molecule has 0 spiro atoms. The molecule has 1 fully saturated rings. The van der Waals surface area contributed by atoms with E-state index in [-0.39, 0.29) is 6.29 Å². The van der Waals surface area contributed by atoms with E-state index >= 15 is 0 Å². The van der Waals surface area contributed by atoms with Gasteiger partial charge in [-0.25, -0.2) is 4.68 Å². The molecule has 1 atom stereocenters. The van der Waals surface area contributed by atoms with Crippen molar-refractivity contribution >= 4 is 24.0 Å². The minimum atomic E-state index is -1.33.